The molecule has 0 N–H and O–H groups in total. The van der Waals surface area contributed by atoms with Crippen molar-refractivity contribution in [2.75, 3.05) is 26.3 Å². The molecule has 3 aliphatic rings. The van der Waals surface area contributed by atoms with Gasteiger partial charge in [0.2, 0.25) is 5.91 Å². The minimum Gasteiger partial charge on any atom is -0.381 e. The molecule has 1 aromatic heterocycles. The van der Waals surface area contributed by atoms with Gasteiger partial charge in [0.05, 0.1) is 0 Å². The molecule has 0 bridgehead atoms. The van der Waals surface area contributed by atoms with Crippen LogP contribution in [0.3, 0.4) is 0 Å². The summed E-state index contributed by atoms with van der Waals surface area (Å²) >= 11 is 0. The number of amides is 1. The van der Waals surface area contributed by atoms with E-state index in [4.69, 9.17) is 4.74 Å². The Morgan fingerprint density at radius 1 is 1.30 bits per heavy atom. The summed E-state index contributed by atoms with van der Waals surface area (Å²) in [6, 6.07) is 0. The summed E-state index contributed by atoms with van der Waals surface area (Å²) in [7, 11) is 2.01. The van der Waals surface area contributed by atoms with Crippen LogP contribution in [0.15, 0.2) is 6.33 Å². The van der Waals surface area contributed by atoms with Gasteiger partial charge in [-0.2, -0.15) is 0 Å². The van der Waals surface area contributed by atoms with Crippen LogP contribution >= 0.6 is 0 Å². The highest BCUT2D eigenvalue weighted by molar-refractivity contribution is 5.79. The number of rotatable bonds is 2. The van der Waals surface area contributed by atoms with Crippen LogP contribution in [0.4, 0.5) is 0 Å². The van der Waals surface area contributed by atoms with E-state index < -0.39 is 0 Å². The summed E-state index contributed by atoms with van der Waals surface area (Å²) in [5.74, 6) is 1.88. The van der Waals surface area contributed by atoms with E-state index in [9.17, 15) is 4.79 Å². The van der Waals surface area contributed by atoms with Gasteiger partial charge in [0, 0.05) is 45.2 Å². The maximum absolute atomic E-state index is 13.0. The van der Waals surface area contributed by atoms with E-state index in [0.29, 0.717) is 11.8 Å². The van der Waals surface area contributed by atoms with Crippen molar-refractivity contribution in [1.82, 2.24) is 19.7 Å². The summed E-state index contributed by atoms with van der Waals surface area (Å²) < 4.78 is 7.44. The number of aryl methyl sites for hydroxylation is 1. The van der Waals surface area contributed by atoms with Gasteiger partial charge in [-0.25, -0.2) is 0 Å². The lowest BCUT2D eigenvalue weighted by atomic mass is 9.76. The molecule has 1 amide bonds. The molecule has 1 aliphatic carbocycles. The van der Waals surface area contributed by atoms with E-state index in [1.165, 1.54) is 25.7 Å². The molecular weight excluding hydrogens is 292 g/mol. The van der Waals surface area contributed by atoms with E-state index in [1.807, 2.05) is 11.6 Å². The molecule has 6 heteroatoms. The second-order valence-electron chi connectivity index (χ2n) is 7.53. The Balaban J connectivity index is 1.57. The van der Waals surface area contributed by atoms with Gasteiger partial charge in [-0.05, 0) is 31.1 Å². The van der Waals surface area contributed by atoms with E-state index in [0.717, 1.165) is 45.0 Å². The van der Waals surface area contributed by atoms with Crippen LogP contribution in [0.25, 0.3) is 0 Å². The van der Waals surface area contributed by atoms with Crippen molar-refractivity contribution in [2.45, 2.75) is 44.4 Å². The monoisotopic (exact) mass is 318 g/mol. The van der Waals surface area contributed by atoms with Gasteiger partial charge in [0.15, 0.2) is 0 Å². The van der Waals surface area contributed by atoms with Crippen LogP contribution in [0.5, 0.6) is 0 Å². The van der Waals surface area contributed by atoms with Gasteiger partial charge >= 0.3 is 0 Å². The van der Waals surface area contributed by atoms with Crippen LogP contribution < -0.4 is 0 Å². The zero-order chi connectivity index (χ0) is 15.9. The molecule has 23 heavy (non-hydrogen) atoms. The molecule has 1 saturated carbocycles. The van der Waals surface area contributed by atoms with Crippen molar-refractivity contribution in [1.29, 1.82) is 0 Å². The third kappa shape index (κ3) is 2.57. The van der Waals surface area contributed by atoms with E-state index in [-0.39, 0.29) is 11.3 Å². The van der Waals surface area contributed by atoms with Gasteiger partial charge in [-0.15, -0.1) is 10.2 Å². The molecule has 2 saturated heterocycles. The molecule has 0 radical (unpaired) electrons. The SMILES string of the molecule is Cn1cnnc1C1CN(C(=O)C2CCOCC2)CC12CCCC2. The second kappa shape index (κ2) is 5.89. The van der Waals surface area contributed by atoms with Crippen molar-refractivity contribution in [2.24, 2.45) is 18.4 Å². The molecule has 1 spiro atoms. The molecule has 3 heterocycles. The smallest absolute Gasteiger partial charge is 0.225 e. The average molecular weight is 318 g/mol. The number of hydrogen-bond acceptors (Lipinski definition) is 4. The molecule has 1 aromatic rings. The quantitative estimate of drug-likeness (QED) is 0.833. The van der Waals surface area contributed by atoms with Crippen LogP contribution in [0, 0.1) is 11.3 Å². The Morgan fingerprint density at radius 3 is 2.70 bits per heavy atom. The van der Waals surface area contributed by atoms with E-state index in [2.05, 4.69) is 15.1 Å². The summed E-state index contributed by atoms with van der Waals surface area (Å²) in [5, 5.41) is 8.45. The first kappa shape index (κ1) is 15.1. The van der Waals surface area contributed by atoms with Crippen molar-refractivity contribution in [3.8, 4) is 0 Å². The molecule has 6 nitrogen and oxygen atoms in total. The number of ether oxygens (including phenoxy) is 1. The van der Waals surface area contributed by atoms with Gasteiger partial charge in [-0.1, -0.05) is 12.8 Å². The molecule has 1 unspecified atom stereocenters. The Morgan fingerprint density at radius 2 is 2.04 bits per heavy atom. The van der Waals surface area contributed by atoms with Crippen molar-refractivity contribution < 1.29 is 9.53 Å². The summed E-state index contributed by atoms with van der Waals surface area (Å²) in [6.07, 6.45) is 8.49. The first-order chi connectivity index (χ1) is 11.2. The van der Waals surface area contributed by atoms with Crippen LogP contribution in [-0.2, 0) is 16.6 Å². The lowest BCUT2D eigenvalue weighted by Gasteiger charge is -2.29. The third-order valence-electron chi connectivity index (χ3n) is 6.19. The predicted molar refractivity (Wildman–Crippen MR) is 84.8 cm³/mol. The minimum atomic E-state index is 0.153. The largest absolute Gasteiger partial charge is 0.381 e. The second-order valence-corrected chi connectivity index (χ2v) is 7.53. The average Bonchev–Trinajstić information content (AvgIpc) is 3.29. The Bertz CT molecular complexity index is 573. The fraction of sp³-hybridized carbons (Fsp3) is 0.824. The lowest BCUT2D eigenvalue weighted by Crippen LogP contribution is -2.38. The van der Waals surface area contributed by atoms with Crippen LogP contribution in [0.2, 0.25) is 0 Å². The first-order valence-corrected chi connectivity index (χ1v) is 8.90. The Hall–Kier alpha value is -1.43. The molecule has 126 valence electrons. The minimum absolute atomic E-state index is 0.153. The maximum atomic E-state index is 13.0. The highest BCUT2D eigenvalue weighted by Crippen LogP contribution is 2.53. The van der Waals surface area contributed by atoms with Crippen LogP contribution in [-0.4, -0.2) is 51.9 Å². The highest BCUT2D eigenvalue weighted by Gasteiger charge is 2.52. The molecule has 0 aromatic carbocycles. The molecular formula is C17H26N4O2. The zero-order valence-corrected chi connectivity index (χ0v) is 13.9. The van der Waals surface area contributed by atoms with Crippen LogP contribution in [0.1, 0.15) is 50.3 Å². The fourth-order valence-corrected chi connectivity index (χ4v) is 4.89. The maximum Gasteiger partial charge on any atom is 0.225 e. The number of carbonyl (C=O) groups is 1. The number of carbonyl (C=O) groups excluding carboxylic acids is 1. The van der Waals surface area contributed by atoms with E-state index >= 15 is 0 Å². The van der Waals surface area contributed by atoms with Gasteiger partial charge < -0.3 is 14.2 Å². The normalized spacial score (nSPS) is 27.9. The van der Waals surface area contributed by atoms with Gasteiger partial charge in [0.1, 0.15) is 12.2 Å². The number of hydrogen-bond donors (Lipinski definition) is 0. The van der Waals surface area contributed by atoms with E-state index in [1.54, 1.807) is 6.33 Å². The topological polar surface area (TPSA) is 60.2 Å². The highest BCUT2D eigenvalue weighted by atomic mass is 16.5. The first-order valence-electron chi connectivity index (χ1n) is 8.90. The Kier molecular flexibility index (Phi) is 3.87. The number of nitrogens with zero attached hydrogens (tertiary/aromatic N) is 4. The number of aromatic nitrogens is 3. The number of likely N-dealkylation sites (tertiary alicyclic amines) is 1. The molecule has 4 rings (SSSR count). The van der Waals surface area contributed by atoms with Gasteiger partial charge in [-0.3, -0.25) is 4.79 Å². The lowest BCUT2D eigenvalue weighted by molar-refractivity contribution is -0.137. The standard InChI is InChI=1S/C17H26N4O2/c1-20-12-18-19-15(20)14-10-21(11-17(14)6-2-3-7-17)16(22)13-4-8-23-9-5-13/h12-14H,2-11H2,1H3. The summed E-state index contributed by atoms with van der Waals surface area (Å²) in [6.45, 7) is 3.16. The zero-order valence-electron chi connectivity index (χ0n) is 13.9. The third-order valence-corrected chi connectivity index (χ3v) is 6.19. The molecule has 2 aliphatic heterocycles. The predicted octanol–water partition coefficient (Wildman–Crippen LogP) is 1.73. The summed E-state index contributed by atoms with van der Waals surface area (Å²) in [5.41, 5.74) is 0.224. The van der Waals surface area contributed by atoms with Crippen molar-refractivity contribution >= 4 is 5.91 Å². The fourth-order valence-electron chi connectivity index (χ4n) is 4.89. The van der Waals surface area contributed by atoms with Crippen molar-refractivity contribution in [3.63, 3.8) is 0 Å². The van der Waals surface area contributed by atoms with Crippen molar-refractivity contribution in [3.05, 3.63) is 12.2 Å². The summed E-state index contributed by atoms with van der Waals surface area (Å²) in [4.78, 5) is 15.1. The molecule has 3 fully saturated rings. The Labute approximate surface area is 137 Å². The van der Waals surface area contributed by atoms with Gasteiger partial charge in [0.25, 0.3) is 0 Å². The molecule has 1 atom stereocenters.